The summed E-state index contributed by atoms with van der Waals surface area (Å²) < 4.78 is 0. The maximum atomic E-state index is 11.1. The van der Waals surface area contributed by atoms with Crippen molar-refractivity contribution in [3.63, 3.8) is 0 Å². The van der Waals surface area contributed by atoms with Crippen LogP contribution in [-0.4, -0.2) is 45.9 Å². The van der Waals surface area contributed by atoms with Crippen LogP contribution in [0.25, 0.3) is 10.9 Å². The topological polar surface area (TPSA) is 115 Å². The number of carbonyl (C=O) groups is 1. The fourth-order valence-electron chi connectivity index (χ4n) is 3.93. The fourth-order valence-corrected chi connectivity index (χ4v) is 4.10. The van der Waals surface area contributed by atoms with Gasteiger partial charge in [0.25, 0.3) is 0 Å². The summed E-state index contributed by atoms with van der Waals surface area (Å²) in [4.78, 5) is 21.0. The van der Waals surface area contributed by atoms with E-state index in [2.05, 4.69) is 9.88 Å². The number of nitrogens with zero attached hydrogens (tertiary/aromatic N) is 2. The summed E-state index contributed by atoms with van der Waals surface area (Å²) in [5.41, 5.74) is 11.3. The summed E-state index contributed by atoms with van der Waals surface area (Å²) in [5.74, 6) is -1.00. The highest BCUT2D eigenvalue weighted by atomic mass is 35.5. The molecule has 0 saturated heterocycles. The zero-order valence-electron chi connectivity index (χ0n) is 18.8. The summed E-state index contributed by atoms with van der Waals surface area (Å²) in [6.45, 7) is 0.804. The largest absolute Gasteiger partial charge is 0.494 e. The van der Waals surface area contributed by atoms with Crippen LogP contribution < -0.4 is 5.73 Å². The second-order valence-electron chi connectivity index (χ2n) is 8.40. The molecule has 0 atom stereocenters. The fraction of sp³-hybridized carbons (Fsp3) is 0.154. The Morgan fingerprint density at radius 1 is 1.06 bits per heavy atom. The molecule has 0 saturated carbocycles. The molecule has 5 N–H and O–H groups in total. The van der Waals surface area contributed by atoms with Gasteiger partial charge in [-0.2, -0.15) is 0 Å². The van der Waals surface area contributed by atoms with Crippen molar-refractivity contribution in [1.29, 1.82) is 0 Å². The number of nitrogens with one attached hydrogen (secondary N) is 1. The first-order chi connectivity index (χ1) is 16.2. The van der Waals surface area contributed by atoms with Crippen molar-refractivity contribution in [3.8, 4) is 5.88 Å². The Hall–Kier alpha value is -3.81. The van der Waals surface area contributed by atoms with E-state index < -0.39 is 5.97 Å². The summed E-state index contributed by atoms with van der Waals surface area (Å²) in [6.07, 6.45) is -0.138. The molecule has 0 unspecified atom stereocenters. The molecular weight excluding hydrogens is 452 g/mol. The van der Waals surface area contributed by atoms with Crippen LogP contribution in [-0.2, 0) is 17.8 Å². The van der Waals surface area contributed by atoms with Crippen molar-refractivity contribution in [1.82, 2.24) is 9.88 Å². The van der Waals surface area contributed by atoms with E-state index in [9.17, 15) is 9.90 Å². The molecule has 0 aliphatic carbocycles. The summed E-state index contributed by atoms with van der Waals surface area (Å²) in [6, 6.07) is 18.2. The van der Waals surface area contributed by atoms with Crippen molar-refractivity contribution in [2.24, 2.45) is 4.99 Å². The molecule has 0 aliphatic rings. The lowest BCUT2D eigenvalue weighted by Crippen LogP contribution is -2.10. The zero-order chi connectivity index (χ0) is 24.4. The van der Waals surface area contributed by atoms with Crippen LogP contribution >= 0.6 is 11.6 Å². The van der Waals surface area contributed by atoms with Crippen LogP contribution in [0.1, 0.15) is 22.3 Å². The first-order valence-electron chi connectivity index (χ1n) is 10.6. The van der Waals surface area contributed by atoms with Gasteiger partial charge in [0.05, 0.1) is 28.9 Å². The molecule has 0 amide bonds. The van der Waals surface area contributed by atoms with Gasteiger partial charge in [-0.3, -0.25) is 4.79 Å². The van der Waals surface area contributed by atoms with Crippen LogP contribution in [0.4, 0.5) is 11.4 Å². The number of halogens is 1. The highest BCUT2D eigenvalue weighted by molar-refractivity contribution is 6.32. The monoisotopic (exact) mass is 476 g/mol. The average molecular weight is 477 g/mol. The maximum absolute atomic E-state index is 11.1. The number of aliphatic imine (C=N–C) groups is 1. The van der Waals surface area contributed by atoms with Gasteiger partial charge in [0.15, 0.2) is 5.88 Å². The first kappa shape index (κ1) is 23.4. The van der Waals surface area contributed by atoms with Crippen molar-refractivity contribution < 1.29 is 15.0 Å². The molecule has 7 nitrogen and oxygen atoms in total. The number of aromatic hydroxyl groups is 1. The van der Waals surface area contributed by atoms with Gasteiger partial charge in [0.1, 0.15) is 0 Å². The molecule has 0 fully saturated rings. The van der Waals surface area contributed by atoms with Gasteiger partial charge >= 0.3 is 5.97 Å². The molecule has 4 rings (SSSR count). The minimum atomic E-state index is -0.940. The number of aliphatic carboxylic acids is 1. The molecule has 1 heterocycles. The molecule has 3 aromatic carbocycles. The number of H-pyrrole nitrogens is 1. The molecular formula is C26H25ClN4O3. The lowest BCUT2D eigenvalue weighted by molar-refractivity contribution is -0.136. The van der Waals surface area contributed by atoms with Crippen molar-refractivity contribution >= 4 is 45.6 Å². The van der Waals surface area contributed by atoms with Crippen molar-refractivity contribution in [3.05, 3.63) is 87.9 Å². The first-order valence-corrected chi connectivity index (χ1v) is 11.0. The zero-order valence-corrected chi connectivity index (χ0v) is 19.6. The second-order valence-corrected chi connectivity index (χ2v) is 8.83. The van der Waals surface area contributed by atoms with Gasteiger partial charge in [0, 0.05) is 28.2 Å². The number of benzene rings is 3. The number of rotatable bonds is 7. The van der Waals surface area contributed by atoms with Gasteiger partial charge in [-0.05, 0) is 55.6 Å². The number of carboxylic acids is 1. The van der Waals surface area contributed by atoms with E-state index in [0.29, 0.717) is 44.3 Å². The average Bonchev–Trinajstić information content (AvgIpc) is 3.07. The van der Waals surface area contributed by atoms with Gasteiger partial charge in [-0.1, -0.05) is 41.9 Å². The predicted molar refractivity (Wildman–Crippen MR) is 136 cm³/mol. The summed E-state index contributed by atoms with van der Waals surface area (Å²) in [7, 11) is 4.01. The summed E-state index contributed by atoms with van der Waals surface area (Å²) >= 11 is 6.14. The molecule has 0 radical (unpaired) electrons. The lowest BCUT2D eigenvalue weighted by Gasteiger charge is -2.13. The number of aromatic nitrogens is 1. The van der Waals surface area contributed by atoms with Gasteiger partial charge in [-0.25, -0.2) is 4.99 Å². The van der Waals surface area contributed by atoms with Gasteiger partial charge in [-0.15, -0.1) is 0 Å². The smallest absolute Gasteiger partial charge is 0.307 e. The number of nitrogen functional groups attached to an aromatic ring is 1. The Bertz CT molecular complexity index is 1390. The summed E-state index contributed by atoms with van der Waals surface area (Å²) in [5, 5.41) is 21.2. The SMILES string of the molecule is CN(C)Cc1ccc(N=C(c2ccc(CC(=O)O)cc2N)c2c(O)[nH]c3cc(Cl)ccc23)cc1. The Labute approximate surface area is 202 Å². The quantitative estimate of drug-likeness (QED) is 0.222. The maximum Gasteiger partial charge on any atom is 0.307 e. The van der Waals surface area contributed by atoms with E-state index in [4.69, 9.17) is 27.4 Å². The molecule has 34 heavy (non-hydrogen) atoms. The van der Waals surface area contributed by atoms with Crippen LogP contribution in [0, 0.1) is 0 Å². The van der Waals surface area contributed by atoms with E-state index >= 15 is 0 Å². The van der Waals surface area contributed by atoms with Crippen molar-refractivity contribution in [2.45, 2.75) is 13.0 Å². The Morgan fingerprint density at radius 2 is 1.76 bits per heavy atom. The number of nitrogens with two attached hydrogens (primary N) is 1. The normalized spacial score (nSPS) is 11.9. The van der Waals surface area contributed by atoms with Crippen LogP contribution in [0.5, 0.6) is 5.88 Å². The standard InChI is InChI=1S/C26H25ClN4O3/c1-31(2)14-15-3-7-18(8-4-15)29-25(19-9-5-16(11-21(19)28)12-23(32)33)24-20-10-6-17(27)13-22(20)30-26(24)34/h3-11,13,30,34H,12,14,28H2,1-2H3,(H,32,33). The second kappa shape index (κ2) is 9.59. The highest BCUT2D eigenvalue weighted by Crippen LogP contribution is 2.34. The molecule has 8 heteroatoms. The van der Waals surface area contributed by atoms with E-state index in [1.54, 1.807) is 30.3 Å². The van der Waals surface area contributed by atoms with E-state index in [1.807, 2.05) is 44.4 Å². The predicted octanol–water partition coefficient (Wildman–Crippen LogP) is 4.97. The lowest BCUT2D eigenvalue weighted by atomic mass is 9.97. The van der Waals surface area contributed by atoms with E-state index in [1.165, 1.54) is 0 Å². The highest BCUT2D eigenvalue weighted by Gasteiger charge is 2.21. The third-order valence-electron chi connectivity index (χ3n) is 5.38. The number of hydrogen-bond acceptors (Lipinski definition) is 5. The van der Waals surface area contributed by atoms with Crippen LogP contribution in [0.2, 0.25) is 5.02 Å². The van der Waals surface area contributed by atoms with Gasteiger partial charge in [0.2, 0.25) is 0 Å². The molecule has 0 bridgehead atoms. The third-order valence-corrected chi connectivity index (χ3v) is 5.62. The number of anilines is 1. The number of aromatic amines is 1. The van der Waals surface area contributed by atoms with Crippen LogP contribution in [0.15, 0.2) is 65.7 Å². The van der Waals surface area contributed by atoms with Crippen molar-refractivity contribution in [2.75, 3.05) is 19.8 Å². The molecule has 174 valence electrons. The number of hydrogen-bond donors (Lipinski definition) is 4. The Kier molecular flexibility index (Phi) is 6.58. The number of carboxylic acid groups (broad SMARTS) is 1. The molecule has 0 spiro atoms. The third kappa shape index (κ3) is 5.06. The number of fused-ring (bicyclic) bond motifs is 1. The molecule has 4 aromatic rings. The Balaban J connectivity index is 1.88. The van der Waals surface area contributed by atoms with E-state index in [-0.39, 0.29) is 12.3 Å². The minimum Gasteiger partial charge on any atom is -0.494 e. The van der Waals surface area contributed by atoms with E-state index in [0.717, 1.165) is 17.5 Å². The van der Waals surface area contributed by atoms with Crippen LogP contribution in [0.3, 0.4) is 0 Å². The minimum absolute atomic E-state index is 0.0609. The molecule has 1 aromatic heterocycles. The molecule has 0 aliphatic heterocycles. The van der Waals surface area contributed by atoms with Gasteiger partial charge < -0.3 is 25.8 Å². The Morgan fingerprint density at radius 3 is 2.41 bits per heavy atom.